The number of nitro groups is 1. The van der Waals surface area contributed by atoms with Gasteiger partial charge in [-0.25, -0.2) is 4.79 Å². The van der Waals surface area contributed by atoms with Gasteiger partial charge in [-0.05, 0) is 42.8 Å². The van der Waals surface area contributed by atoms with Gasteiger partial charge in [0.2, 0.25) is 5.91 Å². The third-order valence-corrected chi connectivity index (χ3v) is 5.54. The van der Waals surface area contributed by atoms with Gasteiger partial charge in [-0.3, -0.25) is 14.9 Å². The molecule has 1 aliphatic rings. The molecule has 3 rings (SSSR count). The number of amides is 1. The molecule has 0 radical (unpaired) electrons. The van der Waals surface area contributed by atoms with Gasteiger partial charge < -0.3 is 15.0 Å². The van der Waals surface area contributed by atoms with Crippen LogP contribution in [-0.2, 0) is 22.5 Å². The minimum absolute atomic E-state index is 0.0153. The maximum atomic E-state index is 12.3. The highest BCUT2D eigenvalue weighted by Crippen LogP contribution is 2.37. The van der Waals surface area contributed by atoms with Crippen LogP contribution in [0.4, 0.5) is 10.7 Å². The molecule has 1 aromatic carbocycles. The van der Waals surface area contributed by atoms with Crippen molar-refractivity contribution in [3.05, 3.63) is 62.0 Å². The molecular weight excluding hydrogens is 382 g/mol. The number of anilines is 1. The van der Waals surface area contributed by atoms with Crippen molar-refractivity contribution in [2.24, 2.45) is 0 Å². The Bertz CT molecular complexity index is 949. The second-order valence-corrected chi connectivity index (χ2v) is 7.46. The minimum Gasteiger partial charge on any atom is -0.465 e. The highest BCUT2D eigenvalue weighted by atomic mass is 32.1. The molecule has 1 N–H and O–H groups in total. The summed E-state index contributed by atoms with van der Waals surface area (Å²) in [7, 11) is 3.33. The van der Waals surface area contributed by atoms with Crippen LogP contribution in [0.1, 0.15) is 26.4 Å². The van der Waals surface area contributed by atoms with Crippen LogP contribution in [0.5, 0.6) is 0 Å². The van der Waals surface area contributed by atoms with Gasteiger partial charge in [0.05, 0.1) is 17.6 Å². The zero-order valence-electron chi connectivity index (χ0n) is 15.4. The van der Waals surface area contributed by atoms with E-state index in [1.165, 1.54) is 36.7 Å². The second-order valence-electron chi connectivity index (χ2n) is 6.36. The van der Waals surface area contributed by atoms with Crippen LogP contribution in [0.15, 0.2) is 30.3 Å². The number of methoxy groups -OCH3 is 1. The summed E-state index contributed by atoms with van der Waals surface area (Å²) in [4.78, 5) is 38.0. The first-order valence-electron chi connectivity index (χ1n) is 8.54. The Morgan fingerprint density at radius 1 is 1.32 bits per heavy atom. The summed E-state index contributed by atoms with van der Waals surface area (Å²) < 4.78 is 4.90. The minimum atomic E-state index is -0.482. The predicted molar refractivity (Wildman–Crippen MR) is 106 cm³/mol. The molecule has 2 heterocycles. The third kappa shape index (κ3) is 4.26. The molecule has 0 spiro atoms. The molecule has 0 unspecified atom stereocenters. The van der Waals surface area contributed by atoms with Crippen molar-refractivity contribution in [2.75, 3.05) is 26.0 Å². The van der Waals surface area contributed by atoms with E-state index < -0.39 is 16.8 Å². The van der Waals surface area contributed by atoms with Crippen molar-refractivity contribution in [2.45, 2.75) is 13.0 Å². The van der Waals surface area contributed by atoms with Gasteiger partial charge in [0.1, 0.15) is 5.00 Å². The molecule has 1 aliphatic heterocycles. The van der Waals surface area contributed by atoms with E-state index in [-0.39, 0.29) is 5.69 Å². The molecule has 28 heavy (non-hydrogen) atoms. The molecule has 9 heteroatoms. The Morgan fingerprint density at radius 2 is 2.04 bits per heavy atom. The summed E-state index contributed by atoms with van der Waals surface area (Å²) >= 11 is 1.38. The van der Waals surface area contributed by atoms with Crippen LogP contribution in [0.2, 0.25) is 0 Å². The zero-order chi connectivity index (χ0) is 20.3. The number of nitrogens with zero attached hydrogens (tertiary/aromatic N) is 2. The molecule has 0 fully saturated rings. The maximum Gasteiger partial charge on any atom is 0.341 e. The largest absolute Gasteiger partial charge is 0.465 e. The van der Waals surface area contributed by atoms with Crippen molar-refractivity contribution in [1.29, 1.82) is 0 Å². The molecule has 8 nitrogen and oxygen atoms in total. The number of ether oxygens (including phenoxy) is 1. The molecule has 1 amide bonds. The van der Waals surface area contributed by atoms with Crippen LogP contribution >= 0.6 is 11.3 Å². The summed E-state index contributed by atoms with van der Waals surface area (Å²) in [5.41, 5.74) is 2.00. The van der Waals surface area contributed by atoms with Crippen LogP contribution in [0.3, 0.4) is 0 Å². The SMILES string of the molecule is COC(=O)c1c(NC(=O)C=Cc2ccc([N+](=O)[O-])cc2)sc2c1CCN(C)C2. The number of carbonyl (C=O) groups excluding carboxylic acids is 2. The summed E-state index contributed by atoms with van der Waals surface area (Å²) in [6.07, 6.45) is 3.60. The van der Waals surface area contributed by atoms with Gasteiger partial charge in [-0.15, -0.1) is 11.3 Å². The maximum absolute atomic E-state index is 12.3. The molecule has 0 saturated carbocycles. The summed E-state index contributed by atoms with van der Waals surface area (Å²) in [6.45, 7) is 1.56. The lowest BCUT2D eigenvalue weighted by Crippen LogP contribution is -2.26. The number of thiophene rings is 1. The van der Waals surface area contributed by atoms with E-state index in [2.05, 4.69) is 10.2 Å². The molecule has 2 aromatic rings. The van der Waals surface area contributed by atoms with Gasteiger partial charge in [-0.1, -0.05) is 0 Å². The highest BCUT2D eigenvalue weighted by molar-refractivity contribution is 7.17. The van der Waals surface area contributed by atoms with E-state index in [9.17, 15) is 19.7 Å². The molecule has 1 aromatic heterocycles. The molecular formula is C19H19N3O5S. The quantitative estimate of drug-likeness (QED) is 0.358. The first-order valence-corrected chi connectivity index (χ1v) is 9.35. The number of non-ortho nitro benzene ring substituents is 1. The number of hydrogen-bond acceptors (Lipinski definition) is 7. The zero-order valence-corrected chi connectivity index (χ0v) is 16.2. The number of esters is 1. The van der Waals surface area contributed by atoms with Crippen molar-refractivity contribution in [3.8, 4) is 0 Å². The number of carbonyl (C=O) groups is 2. The normalized spacial score (nSPS) is 13.9. The van der Waals surface area contributed by atoms with E-state index in [0.717, 1.165) is 30.0 Å². The summed E-state index contributed by atoms with van der Waals surface area (Å²) in [5.74, 6) is -0.854. The highest BCUT2D eigenvalue weighted by Gasteiger charge is 2.28. The lowest BCUT2D eigenvalue weighted by atomic mass is 10.0. The van der Waals surface area contributed by atoms with Crippen LogP contribution in [-0.4, -0.2) is 42.4 Å². The number of nitrogens with one attached hydrogen (secondary N) is 1. The Kier molecular flexibility index (Phi) is 5.86. The number of nitro benzene ring substituents is 1. The number of likely N-dealkylation sites (N-methyl/N-ethyl adjacent to an activating group) is 1. The van der Waals surface area contributed by atoms with Gasteiger partial charge >= 0.3 is 5.97 Å². The Morgan fingerprint density at radius 3 is 2.68 bits per heavy atom. The molecule has 0 aliphatic carbocycles. The van der Waals surface area contributed by atoms with Gasteiger partial charge in [0, 0.05) is 36.2 Å². The van der Waals surface area contributed by atoms with E-state index in [1.807, 2.05) is 7.05 Å². The standard InChI is InChI=1S/C19H19N3O5S/c1-21-10-9-14-15(11-21)28-18(17(14)19(24)27-2)20-16(23)8-5-12-3-6-13(7-4-12)22(25)26/h3-8H,9-11H2,1-2H3,(H,20,23). The van der Waals surface area contributed by atoms with Crippen molar-refractivity contribution < 1.29 is 19.2 Å². The molecule has 0 atom stereocenters. The fourth-order valence-electron chi connectivity index (χ4n) is 2.97. The van der Waals surface area contributed by atoms with Crippen molar-refractivity contribution >= 4 is 40.0 Å². The molecule has 0 bridgehead atoms. The Labute approximate surface area is 165 Å². The van der Waals surface area contributed by atoms with E-state index in [0.29, 0.717) is 16.1 Å². The third-order valence-electron chi connectivity index (χ3n) is 4.41. The number of fused-ring (bicyclic) bond motifs is 1. The van der Waals surface area contributed by atoms with Crippen LogP contribution in [0.25, 0.3) is 6.08 Å². The molecule has 0 saturated heterocycles. The average Bonchev–Trinajstić information content (AvgIpc) is 3.02. The summed E-state index contributed by atoms with van der Waals surface area (Å²) in [5, 5.41) is 13.9. The number of hydrogen-bond donors (Lipinski definition) is 1. The van der Waals surface area contributed by atoms with Gasteiger partial charge in [0.25, 0.3) is 5.69 Å². The predicted octanol–water partition coefficient (Wildman–Crippen LogP) is 3.08. The fraction of sp³-hybridized carbons (Fsp3) is 0.263. The van der Waals surface area contributed by atoms with E-state index in [1.54, 1.807) is 18.2 Å². The van der Waals surface area contributed by atoms with Gasteiger partial charge in [-0.2, -0.15) is 0 Å². The van der Waals surface area contributed by atoms with Crippen LogP contribution in [0, 0.1) is 10.1 Å². The lowest BCUT2D eigenvalue weighted by molar-refractivity contribution is -0.384. The van der Waals surface area contributed by atoms with Crippen molar-refractivity contribution in [1.82, 2.24) is 4.90 Å². The van der Waals surface area contributed by atoms with Crippen LogP contribution < -0.4 is 5.32 Å². The monoisotopic (exact) mass is 401 g/mol. The number of benzene rings is 1. The Balaban J connectivity index is 1.78. The number of rotatable bonds is 5. The fourth-order valence-corrected chi connectivity index (χ4v) is 4.29. The van der Waals surface area contributed by atoms with E-state index in [4.69, 9.17) is 4.74 Å². The van der Waals surface area contributed by atoms with E-state index >= 15 is 0 Å². The van der Waals surface area contributed by atoms with Crippen molar-refractivity contribution in [3.63, 3.8) is 0 Å². The second kappa shape index (κ2) is 8.32. The van der Waals surface area contributed by atoms with Gasteiger partial charge in [0.15, 0.2) is 0 Å². The molecule has 146 valence electrons. The summed E-state index contributed by atoms with van der Waals surface area (Å²) in [6, 6.07) is 5.86. The smallest absolute Gasteiger partial charge is 0.341 e. The first-order chi connectivity index (χ1) is 13.4. The first kappa shape index (κ1) is 19.7. The topological polar surface area (TPSA) is 102 Å². The lowest BCUT2D eigenvalue weighted by Gasteiger charge is -2.22. The average molecular weight is 401 g/mol. The Hall–Kier alpha value is -3.04.